The van der Waals surface area contributed by atoms with Crippen LogP contribution in [0.25, 0.3) is 0 Å². The molecule has 0 heterocycles. The van der Waals surface area contributed by atoms with Crippen molar-refractivity contribution < 1.29 is 4.74 Å². The van der Waals surface area contributed by atoms with Crippen LogP contribution >= 0.6 is 23.2 Å². The normalized spacial score (nSPS) is 16.9. The second-order valence-electron chi connectivity index (χ2n) is 4.07. The maximum absolute atomic E-state index is 5.88. The SMILES string of the molecule is Clc1cc(Cl)cc(OCC2CCCC2)c1. The third-order valence-corrected chi connectivity index (χ3v) is 3.23. The van der Waals surface area contributed by atoms with Gasteiger partial charge in [-0.3, -0.25) is 0 Å². The quantitative estimate of drug-likeness (QED) is 0.758. The third-order valence-electron chi connectivity index (χ3n) is 2.80. The molecule has 3 heteroatoms. The molecule has 0 spiro atoms. The van der Waals surface area contributed by atoms with Crippen molar-refractivity contribution in [3.63, 3.8) is 0 Å². The van der Waals surface area contributed by atoms with Gasteiger partial charge in [-0.15, -0.1) is 0 Å². The molecule has 82 valence electrons. The Bertz CT molecular complexity index is 312. The zero-order valence-electron chi connectivity index (χ0n) is 8.51. The largest absolute Gasteiger partial charge is 0.493 e. The van der Waals surface area contributed by atoms with E-state index in [2.05, 4.69) is 0 Å². The van der Waals surface area contributed by atoms with Crippen molar-refractivity contribution in [3.05, 3.63) is 28.2 Å². The topological polar surface area (TPSA) is 9.23 Å². The van der Waals surface area contributed by atoms with Crippen molar-refractivity contribution in [1.82, 2.24) is 0 Å². The first kappa shape index (κ1) is 11.1. The number of rotatable bonds is 3. The monoisotopic (exact) mass is 244 g/mol. The van der Waals surface area contributed by atoms with Gasteiger partial charge in [0.15, 0.2) is 0 Å². The zero-order chi connectivity index (χ0) is 10.7. The first-order valence-corrected chi connectivity index (χ1v) is 6.08. The van der Waals surface area contributed by atoms with E-state index in [4.69, 9.17) is 27.9 Å². The maximum Gasteiger partial charge on any atom is 0.122 e. The maximum atomic E-state index is 5.88. The summed E-state index contributed by atoms with van der Waals surface area (Å²) >= 11 is 11.8. The molecule has 0 aromatic heterocycles. The van der Waals surface area contributed by atoms with Gasteiger partial charge in [0.25, 0.3) is 0 Å². The van der Waals surface area contributed by atoms with Gasteiger partial charge in [0.2, 0.25) is 0 Å². The first-order valence-electron chi connectivity index (χ1n) is 5.33. The van der Waals surface area contributed by atoms with Gasteiger partial charge in [0, 0.05) is 10.0 Å². The van der Waals surface area contributed by atoms with Crippen LogP contribution in [-0.4, -0.2) is 6.61 Å². The molecular weight excluding hydrogens is 231 g/mol. The molecule has 0 N–H and O–H groups in total. The number of benzene rings is 1. The molecule has 1 aliphatic rings. The Kier molecular flexibility index (Phi) is 3.76. The lowest BCUT2D eigenvalue weighted by Gasteiger charge is -2.11. The van der Waals surface area contributed by atoms with Gasteiger partial charge in [-0.05, 0) is 37.0 Å². The van der Waals surface area contributed by atoms with Gasteiger partial charge in [0.1, 0.15) is 5.75 Å². The summed E-state index contributed by atoms with van der Waals surface area (Å²) in [5, 5.41) is 1.26. The molecule has 0 atom stereocenters. The van der Waals surface area contributed by atoms with E-state index in [0.29, 0.717) is 16.0 Å². The summed E-state index contributed by atoms with van der Waals surface area (Å²) in [6.07, 6.45) is 5.25. The second-order valence-corrected chi connectivity index (χ2v) is 4.94. The molecule has 1 aromatic carbocycles. The Morgan fingerprint density at radius 1 is 1.07 bits per heavy atom. The molecule has 0 amide bonds. The van der Waals surface area contributed by atoms with Gasteiger partial charge < -0.3 is 4.74 Å². The predicted octanol–water partition coefficient (Wildman–Crippen LogP) is 4.56. The van der Waals surface area contributed by atoms with Crippen molar-refractivity contribution >= 4 is 23.2 Å². The molecule has 0 bridgehead atoms. The van der Waals surface area contributed by atoms with Crippen LogP contribution in [-0.2, 0) is 0 Å². The summed E-state index contributed by atoms with van der Waals surface area (Å²) in [5.74, 6) is 1.49. The molecule has 1 aliphatic carbocycles. The molecule has 0 saturated heterocycles. The van der Waals surface area contributed by atoms with Crippen molar-refractivity contribution in [2.75, 3.05) is 6.61 Å². The van der Waals surface area contributed by atoms with E-state index in [1.165, 1.54) is 25.7 Å². The summed E-state index contributed by atoms with van der Waals surface area (Å²) in [7, 11) is 0. The molecule has 15 heavy (non-hydrogen) atoms. The Morgan fingerprint density at radius 2 is 1.67 bits per heavy atom. The lowest BCUT2D eigenvalue weighted by atomic mass is 10.1. The summed E-state index contributed by atoms with van der Waals surface area (Å²) in [6.45, 7) is 0.788. The fourth-order valence-corrected chi connectivity index (χ4v) is 2.51. The van der Waals surface area contributed by atoms with E-state index in [0.717, 1.165) is 12.4 Å². The van der Waals surface area contributed by atoms with E-state index >= 15 is 0 Å². The molecule has 1 nitrogen and oxygen atoms in total. The standard InChI is InChI=1S/C12H14Cl2O/c13-10-5-11(14)7-12(6-10)15-8-9-3-1-2-4-9/h5-7,9H,1-4,8H2. The molecule has 1 aromatic rings. The van der Waals surface area contributed by atoms with E-state index < -0.39 is 0 Å². The van der Waals surface area contributed by atoms with Crippen LogP contribution in [0.15, 0.2) is 18.2 Å². The fraction of sp³-hybridized carbons (Fsp3) is 0.500. The summed E-state index contributed by atoms with van der Waals surface area (Å²) in [4.78, 5) is 0. The Labute approximate surface area is 100 Å². The second kappa shape index (κ2) is 5.09. The minimum Gasteiger partial charge on any atom is -0.493 e. The molecule has 0 radical (unpaired) electrons. The highest BCUT2D eigenvalue weighted by Gasteiger charge is 2.15. The number of ether oxygens (including phenoxy) is 1. The third kappa shape index (κ3) is 3.29. The summed E-state index contributed by atoms with van der Waals surface area (Å²) in [6, 6.07) is 5.33. The molecule has 1 saturated carbocycles. The van der Waals surface area contributed by atoms with E-state index in [9.17, 15) is 0 Å². The van der Waals surface area contributed by atoms with Gasteiger partial charge in [-0.1, -0.05) is 36.0 Å². The zero-order valence-corrected chi connectivity index (χ0v) is 10.0. The van der Waals surface area contributed by atoms with Crippen LogP contribution < -0.4 is 4.74 Å². The minimum atomic E-state index is 0.629. The molecule has 0 aliphatic heterocycles. The van der Waals surface area contributed by atoms with Crippen LogP contribution in [0.4, 0.5) is 0 Å². The fourth-order valence-electron chi connectivity index (χ4n) is 2.00. The van der Waals surface area contributed by atoms with E-state index in [-0.39, 0.29) is 0 Å². The van der Waals surface area contributed by atoms with Gasteiger partial charge >= 0.3 is 0 Å². The number of hydrogen-bond acceptors (Lipinski definition) is 1. The van der Waals surface area contributed by atoms with Gasteiger partial charge in [0.05, 0.1) is 6.61 Å². The predicted molar refractivity (Wildman–Crippen MR) is 63.9 cm³/mol. The average molecular weight is 245 g/mol. The smallest absolute Gasteiger partial charge is 0.122 e. The van der Waals surface area contributed by atoms with Crippen LogP contribution in [0.3, 0.4) is 0 Å². The van der Waals surface area contributed by atoms with Crippen LogP contribution in [0, 0.1) is 5.92 Å². The Balaban J connectivity index is 1.92. The van der Waals surface area contributed by atoms with Crippen LogP contribution in [0.1, 0.15) is 25.7 Å². The minimum absolute atomic E-state index is 0.629. The van der Waals surface area contributed by atoms with Crippen molar-refractivity contribution in [2.45, 2.75) is 25.7 Å². The van der Waals surface area contributed by atoms with Crippen LogP contribution in [0.2, 0.25) is 10.0 Å². The van der Waals surface area contributed by atoms with Crippen molar-refractivity contribution in [1.29, 1.82) is 0 Å². The van der Waals surface area contributed by atoms with E-state index in [1.807, 2.05) is 12.1 Å². The molecule has 2 rings (SSSR count). The van der Waals surface area contributed by atoms with Crippen LogP contribution in [0.5, 0.6) is 5.75 Å². The highest BCUT2D eigenvalue weighted by Crippen LogP contribution is 2.28. The van der Waals surface area contributed by atoms with Crippen molar-refractivity contribution in [3.8, 4) is 5.75 Å². The Hall–Kier alpha value is -0.400. The van der Waals surface area contributed by atoms with E-state index in [1.54, 1.807) is 6.07 Å². The molecular formula is C12H14Cl2O. The highest BCUT2D eigenvalue weighted by molar-refractivity contribution is 6.34. The Morgan fingerprint density at radius 3 is 2.27 bits per heavy atom. The van der Waals surface area contributed by atoms with Gasteiger partial charge in [-0.2, -0.15) is 0 Å². The average Bonchev–Trinajstić information content (AvgIpc) is 2.65. The van der Waals surface area contributed by atoms with Gasteiger partial charge in [-0.25, -0.2) is 0 Å². The first-order chi connectivity index (χ1) is 7.24. The highest BCUT2D eigenvalue weighted by atomic mass is 35.5. The molecule has 0 unspecified atom stereocenters. The lowest BCUT2D eigenvalue weighted by molar-refractivity contribution is 0.252. The number of hydrogen-bond donors (Lipinski definition) is 0. The molecule has 1 fully saturated rings. The summed E-state index contributed by atoms with van der Waals surface area (Å²) in [5.41, 5.74) is 0. The summed E-state index contributed by atoms with van der Waals surface area (Å²) < 4.78 is 5.68. The number of halogens is 2. The van der Waals surface area contributed by atoms with Crippen molar-refractivity contribution in [2.24, 2.45) is 5.92 Å². The lowest BCUT2D eigenvalue weighted by Crippen LogP contribution is -2.07.